The second-order valence-electron chi connectivity index (χ2n) is 7.95. The zero-order chi connectivity index (χ0) is 19.1. The lowest BCUT2D eigenvalue weighted by Gasteiger charge is -2.32. The highest BCUT2D eigenvalue weighted by atomic mass is 16.7. The van der Waals surface area contributed by atoms with Crippen LogP contribution in [0.15, 0.2) is 24.3 Å². The summed E-state index contributed by atoms with van der Waals surface area (Å²) in [7, 11) is -0.512. The molecule has 140 valence electrons. The van der Waals surface area contributed by atoms with E-state index in [0.29, 0.717) is 6.61 Å². The predicted octanol–water partition coefficient (Wildman–Crippen LogP) is 4.14. The Balaban J connectivity index is 2.04. The van der Waals surface area contributed by atoms with Crippen molar-refractivity contribution in [2.45, 2.75) is 65.0 Å². The van der Waals surface area contributed by atoms with Crippen molar-refractivity contribution in [3.8, 4) is 0 Å². The summed E-state index contributed by atoms with van der Waals surface area (Å²) in [5.74, 6) is -0.483. The number of fused-ring (bicyclic) bond motifs is 1. The largest absolute Gasteiger partial charge is 0.466 e. The number of ether oxygens (including phenoxy) is 1. The summed E-state index contributed by atoms with van der Waals surface area (Å²) in [4.78, 5) is 15.7. The van der Waals surface area contributed by atoms with Gasteiger partial charge in [-0.05, 0) is 53.2 Å². The number of nitrogens with one attached hydrogen (secondary N) is 1. The Morgan fingerprint density at radius 1 is 1.19 bits per heavy atom. The number of rotatable bonds is 5. The molecule has 3 rings (SSSR count). The average Bonchev–Trinajstić information content (AvgIpc) is 2.98. The van der Waals surface area contributed by atoms with Crippen LogP contribution in [0.25, 0.3) is 10.9 Å². The molecule has 0 spiro atoms. The summed E-state index contributed by atoms with van der Waals surface area (Å²) < 4.78 is 17.8. The average molecular weight is 357 g/mol. The third-order valence-corrected chi connectivity index (χ3v) is 5.61. The van der Waals surface area contributed by atoms with E-state index < -0.39 is 18.3 Å². The van der Waals surface area contributed by atoms with Gasteiger partial charge in [-0.2, -0.15) is 0 Å². The summed E-state index contributed by atoms with van der Waals surface area (Å²) >= 11 is 0. The van der Waals surface area contributed by atoms with Crippen molar-refractivity contribution < 1.29 is 18.8 Å². The van der Waals surface area contributed by atoms with Gasteiger partial charge in [0.15, 0.2) is 0 Å². The number of aromatic amines is 1. The topological polar surface area (TPSA) is 60.6 Å². The van der Waals surface area contributed by atoms with Gasteiger partial charge in [0.1, 0.15) is 0 Å². The summed E-state index contributed by atoms with van der Waals surface area (Å²) in [5.41, 5.74) is 2.22. The van der Waals surface area contributed by atoms with E-state index in [1.165, 1.54) is 0 Å². The van der Waals surface area contributed by atoms with Gasteiger partial charge in [-0.25, -0.2) is 0 Å². The molecule has 1 aliphatic heterocycles. The van der Waals surface area contributed by atoms with Gasteiger partial charge in [0.05, 0.1) is 24.2 Å². The molecule has 0 amide bonds. The Morgan fingerprint density at radius 2 is 1.81 bits per heavy atom. The molecule has 1 N–H and O–H groups in total. The van der Waals surface area contributed by atoms with Crippen molar-refractivity contribution >= 4 is 24.0 Å². The maximum Gasteiger partial charge on any atom is 0.466 e. The monoisotopic (exact) mass is 357 g/mol. The van der Waals surface area contributed by atoms with Crippen LogP contribution in [0.2, 0.25) is 0 Å². The molecule has 1 aliphatic rings. The van der Waals surface area contributed by atoms with Crippen molar-refractivity contribution in [2.75, 3.05) is 6.61 Å². The number of para-hydroxylation sites is 1. The van der Waals surface area contributed by atoms with Crippen molar-refractivity contribution in [3.63, 3.8) is 0 Å². The lowest BCUT2D eigenvalue weighted by Crippen LogP contribution is -2.41. The van der Waals surface area contributed by atoms with Crippen molar-refractivity contribution in [3.05, 3.63) is 35.5 Å². The Kier molecular flexibility index (Phi) is 4.93. The van der Waals surface area contributed by atoms with Gasteiger partial charge in [-0.3, -0.25) is 4.79 Å². The van der Waals surface area contributed by atoms with E-state index in [-0.39, 0.29) is 18.2 Å². The number of aromatic nitrogens is 1. The smallest absolute Gasteiger partial charge is 0.466 e. The van der Waals surface area contributed by atoms with Crippen molar-refractivity contribution in [2.24, 2.45) is 0 Å². The second-order valence-corrected chi connectivity index (χ2v) is 7.95. The number of benzene rings is 1. The fourth-order valence-corrected chi connectivity index (χ4v) is 3.56. The Bertz CT molecular complexity index is 795. The first kappa shape index (κ1) is 19.0. The minimum atomic E-state index is -0.512. The molecule has 0 bridgehead atoms. The molecule has 0 aliphatic carbocycles. The highest BCUT2D eigenvalue weighted by Gasteiger charge is 2.54. The summed E-state index contributed by atoms with van der Waals surface area (Å²) in [6, 6.07) is 8.11. The second kappa shape index (κ2) is 6.74. The summed E-state index contributed by atoms with van der Waals surface area (Å²) in [6.45, 7) is 12.3. The molecule has 1 atom stereocenters. The molecular weight excluding hydrogens is 329 g/mol. The zero-order valence-corrected chi connectivity index (χ0v) is 16.5. The Morgan fingerprint density at radius 3 is 2.42 bits per heavy atom. The van der Waals surface area contributed by atoms with Gasteiger partial charge < -0.3 is 19.0 Å². The minimum absolute atomic E-state index is 0.216. The number of carbonyl (C=O) groups is 1. The Hall–Kier alpha value is -1.79. The molecule has 1 saturated heterocycles. The number of H-pyrrole nitrogens is 1. The van der Waals surface area contributed by atoms with Gasteiger partial charge in [-0.15, -0.1) is 0 Å². The van der Waals surface area contributed by atoms with E-state index in [4.69, 9.17) is 14.0 Å². The van der Waals surface area contributed by atoms with Crippen LogP contribution >= 0.6 is 0 Å². The third-order valence-electron chi connectivity index (χ3n) is 5.61. The van der Waals surface area contributed by atoms with E-state index >= 15 is 0 Å². The van der Waals surface area contributed by atoms with Crippen LogP contribution in [0.5, 0.6) is 0 Å². The predicted molar refractivity (Wildman–Crippen MR) is 103 cm³/mol. The molecular formula is C20H28BNO4. The van der Waals surface area contributed by atoms with E-state index in [2.05, 4.69) is 11.1 Å². The lowest BCUT2D eigenvalue weighted by atomic mass is 9.65. The van der Waals surface area contributed by atoms with Crippen LogP contribution in [-0.4, -0.2) is 35.9 Å². The minimum Gasteiger partial charge on any atom is -0.466 e. The van der Waals surface area contributed by atoms with Gasteiger partial charge >= 0.3 is 13.1 Å². The number of hydrogen-bond donors (Lipinski definition) is 1. The number of hydrogen-bond acceptors (Lipinski definition) is 4. The van der Waals surface area contributed by atoms with E-state index in [0.717, 1.165) is 22.2 Å². The van der Waals surface area contributed by atoms with Crippen LogP contribution in [0.1, 0.15) is 58.1 Å². The van der Waals surface area contributed by atoms with Gasteiger partial charge in [-0.1, -0.05) is 18.2 Å². The maximum atomic E-state index is 12.3. The summed E-state index contributed by atoms with van der Waals surface area (Å²) in [6.07, 6.45) is 0.216. The molecule has 0 saturated carbocycles. The normalized spacial score (nSPS) is 19.7. The first-order chi connectivity index (χ1) is 12.2. The van der Waals surface area contributed by atoms with E-state index in [1.807, 2.05) is 59.7 Å². The fraction of sp³-hybridized carbons (Fsp3) is 0.550. The molecule has 6 heteroatoms. The third kappa shape index (κ3) is 3.28. The van der Waals surface area contributed by atoms with Gasteiger partial charge in [0.2, 0.25) is 0 Å². The lowest BCUT2D eigenvalue weighted by molar-refractivity contribution is -0.143. The van der Waals surface area contributed by atoms with Gasteiger partial charge in [0.25, 0.3) is 0 Å². The van der Waals surface area contributed by atoms with Crippen LogP contribution in [0.4, 0.5) is 0 Å². The Labute approximate surface area is 155 Å². The highest BCUT2D eigenvalue weighted by molar-refractivity contribution is 6.48. The van der Waals surface area contributed by atoms with Gasteiger partial charge in [0, 0.05) is 22.4 Å². The van der Waals surface area contributed by atoms with Crippen LogP contribution in [-0.2, 0) is 18.8 Å². The molecule has 0 radical (unpaired) electrons. The van der Waals surface area contributed by atoms with Crippen molar-refractivity contribution in [1.29, 1.82) is 0 Å². The number of aryl methyl sites for hydroxylation is 1. The highest BCUT2D eigenvalue weighted by Crippen LogP contribution is 2.43. The number of esters is 1. The quantitative estimate of drug-likeness (QED) is 0.645. The van der Waals surface area contributed by atoms with Crippen LogP contribution < -0.4 is 0 Å². The first-order valence-electron chi connectivity index (χ1n) is 9.24. The molecule has 26 heavy (non-hydrogen) atoms. The molecule has 1 aromatic heterocycles. The summed E-state index contributed by atoms with van der Waals surface area (Å²) in [5, 5.41) is 1.09. The van der Waals surface area contributed by atoms with Crippen LogP contribution in [0.3, 0.4) is 0 Å². The molecule has 1 aromatic carbocycles. The van der Waals surface area contributed by atoms with Crippen LogP contribution in [0, 0.1) is 6.92 Å². The molecule has 1 unspecified atom stereocenters. The SMILES string of the molecule is CCOC(=O)CC(B1OC(C)(C)C(C)(C)O1)c1c(C)[nH]c2ccccc12. The molecule has 1 fully saturated rings. The maximum absolute atomic E-state index is 12.3. The van der Waals surface area contributed by atoms with E-state index in [9.17, 15) is 4.79 Å². The first-order valence-corrected chi connectivity index (χ1v) is 9.24. The fourth-order valence-electron chi connectivity index (χ4n) is 3.56. The van der Waals surface area contributed by atoms with E-state index in [1.54, 1.807) is 0 Å². The molecule has 2 heterocycles. The van der Waals surface area contributed by atoms with Crippen molar-refractivity contribution in [1.82, 2.24) is 4.98 Å². The molecule has 2 aromatic rings. The zero-order valence-electron chi connectivity index (χ0n) is 16.5. The molecule has 5 nitrogen and oxygen atoms in total. The standard InChI is InChI=1S/C20H28BNO4/c1-7-24-17(23)12-15(21-25-19(3,4)20(5,6)26-21)18-13(2)22-16-11-9-8-10-14(16)18/h8-11,15,22H,7,12H2,1-6H3. The number of carbonyl (C=O) groups excluding carboxylic acids is 1.